The average molecular weight is 340 g/mol. The third kappa shape index (κ3) is 2.56. The van der Waals surface area contributed by atoms with Gasteiger partial charge in [-0.15, -0.1) is 0 Å². The van der Waals surface area contributed by atoms with E-state index < -0.39 is 11.4 Å². The van der Waals surface area contributed by atoms with E-state index in [0.717, 1.165) is 29.7 Å². The Balaban J connectivity index is 1.61. The molecule has 5 heteroatoms. The lowest BCUT2D eigenvalue weighted by atomic mass is 9.90. The van der Waals surface area contributed by atoms with Gasteiger partial charge in [0.25, 0.3) is 0 Å². The third-order valence-electron chi connectivity index (χ3n) is 4.29. The maximum Gasteiger partial charge on any atom is 0.310 e. The van der Waals surface area contributed by atoms with Gasteiger partial charge in [0.05, 0.1) is 5.41 Å². The lowest BCUT2D eigenvalue weighted by molar-refractivity contribution is -0.147. The summed E-state index contributed by atoms with van der Waals surface area (Å²) >= 11 is 3.47. The number of aliphatic carboxylic acids is 1. The summed E-state index contributed by atoms with van der Waals surface area (Å²) < 4.78 is 7.01. The van der Waals surface area contributed by atoms with Gasteiger partial charge in [0, 0.05) is 24.0 Å². The summed E-state index contributed by atoms with van der Waals surface area (Å²) in [5, 5.41) is 9.26. The number of carboxylic acids is 1. The summed E-state index contributed by atoms with van der Waals surface area (Å²) in [6.07, 6.45) is 1.75. The van der Waals surface area contributed by atoms with E-state index in [4.69, 9.17) is 4.74 Å². The molecule has 2 aliphatic heterocycles. The minimum atomic E-state index is -0.695. The molecule has 0 bridgehead atoms. The van der Waals surface area contributed by atoms with Gasteiger partial charge in [0.2, 0.25) is 0 Å². The molecule has 2 unspecified atom stereocenters. The molecule has 0 aliphatic carbocycles. The van der Waals surface area contributed by atoms with Crippen LogP contribution in [-0.4, -0.2) is 41.7 Å². The molecule has 108 valence electrons. The fourth-order valence-electron chi connectivity index (χ4n) is 3.07. The Morgan fingerprint density at radius 1 is 1.60 bits per heavy atom. The Kier molecular flexibility index (Phi) is 3.50. The van der Waals surface area contributed by atoms with E-state index in [-0.39, 0.29) is 6.10 Å². The number of carboxylic acid groups (broad SMARTS) is 1. The molecule has 1 fully saturated rings. The van der Waals surface area contributed by atoms with Crippen LogP contribution in [0.4, 0.5) is 0 Å². The molecule has 0 amide bonds. The largest absolute Gasteiger partial charge is 0.488 e. The molecule has 0 spiro atoms. The Hall–Kier alpha value is -1.07. The van der Waals surface area contributed by atoms with Crippen LogP contribution in [0, 0.1) is 5.41 Å². The molecule has 1 aromatic rings. The highest BCUT2D eigenvalue weighted by Crippen LogP contribution is 2.34. The third-order valence-corrected chi connectivity index (χ3v) is 4.79. The van der Waals surface area contributed by atoms with Gasteiger partial charge in [-0.1, -0.05) is 15.9 Å². The van der Waals surface area contributed by atoms with E-state index in [0.29, 0.717) is 13.0 Å². The number of fused-ring (bicyclic) bond motifs is 1. The Morgan fingerprint density at radius 2 is 2.40 bits per heavy atom. The van der Waals surface area contributed by atoms with Crippen molar-refractivity contribution in [2.75, 3.05) is 19.6 Å². The summed E-state index contributed by atoms with van der Waals surface area (Å²) in [5.41, 5.74) is 0.624. The van der Waals surface area contributed by atoms with Crippen molar-refractivity contribution in [2.24, 2.45) is 5.41 Å². The first-order chi connectivity index (χ1) is 9.46. The Bertz CT molecular complexity index is 548. The SMILES string of the molecule is CC1(C(=O)O)CCN(CC2Cc3cc(Br)ccc3O2)C1. The zero-order valence-corrected chi connectivity index (χ0v) is 13.0. The minimum Gasteiger partial charge on any atom is -0.488 e. The number of hydrogen-bond acceptors (Lipinski definition) is 3. The summed E-state index contributed by atoms with van der Waals surface area (Å²) in [7, 11) is 0. The average Bonchev–Trinajstić information content (AvgIpc) is 2.93. The van der Waals surface area contributed by atoms with Crippen LogP contribution in [0.1, 0.15) is 18.9 Å². The number of ether oxygens (including phenoxy) is 1. The number of hydrogen-bond donors (Lipinski definition) is 1. The molecule has 1 saturated heterocycles. The molecule has 2 aliphatic rings. The van der Waals surface area contributed by atoms with Gasteiger partial charge >= 0.3 is 5.97 Å². The van der Waals surface area contributed by atoms with E-state index >= 15 is 0 Å². The maximum absolute atomic E-state index is 11.3. The van der Waals surface area contributed by atoms with Gasteiger partial charge in [-0.2, -0.15) is 0 Å². The Morgan fingerprint density at radius 3 is 3.10 bits per heavy atom. The van der Waals surface area contributed by atoms with Crippen molar-refractivity contribution >= 4 is 21.9 Å². The van der Waals surface area contributed by atoms with Gasteiger partial charge in [0.15, 0.2) is 0 Å². The fraction of sp³-hybridized carbons (Fsp3) is 0.533. The van der Waals surface area contributed by atoms with Crippen molar-refractivity contribution in [1.29, 1.82) is 0 Å². The molecule has 2 atom stereocenters. The highest BCUT2D eigenvalue weighted by Gasteiger charge is 2.41. The van der Waals surface area contributed by atoms with Crippen LogP contribution in [0.15, 0.2) is 22.7 Å². The van der Waals surface area contributed by atoms with Crippen molar-refractivity contribution in [2.45, 2.75) is 25.9 Å². The van der Waals surface area contributed by atoms with Crippen molar-refractivity contribution in [3.63, 3.8) is 0 Å². The predicted molar refractivity (Wildman–Crippen MR) is 79.1 cm³/mol. The van der Waals surface area contributed by atoms with E-state index in [9.17, 15) is 9.90 Å². The molecular formula is C15H18BrNO3. The molecule has 3 rings (SSSR count). The van der Waals surface area contributed by atoms with Crippen LogP contribution in [0.5, 0.6) is 5.75 Å². The van der Waals surface area contributed by atoms with Gasteiger partial charge in [-0.05, 0) is 43.7 Å². The molecule has 2 heterocycles. The highest BCUT2D eigenvalue weighted by molar-refractivity contribution is 9.10. The first-order valence-electron chi connectivity index (χ1n) is 6.87. The van der Waals surface area contributed by atoms with Gasteiger partial charge < -0.3 is 9.84 Å². The number of nitrogens with zero attached hydrogens (tertiary/aromatic N) is 1. The number of benzene rings is 1. The highest BCUT2D eigenvalue weighted by atomic mass is 79.9. The van der Waals surface area contributed by atoms with Crippen molar-refractivity contribution < 1.29 is 14.6 Å². The van der Waals surface area contributed by atoms with Crippen LogP contribution in [0.3, 0.4) is 0 Å². The van der Waals surface area contributed by atoms with Crippen LogP contribution in [-0.2, 0) is 11.2 Å². The molecule has 1 aromatic carbocycles. The fourth-order valence-corrected chi connectivity index (χ4v) is 3.47. The van der Waals surface area contributed by atoms with Gasteiger partial charge in [-0.3, -0.25) is 9.69 Å². The molecular weight excluding hydrogens is 322 g/mol. The van der Waals surface area contributed by atoms with Crippen LogP contribution < -0.4 is 4.74 Å². The second-order valence-corrected chi connectivity index (χ2v) is 6.96. The van der Waals surface area contributed by atoms with Crippen LogP contribution >= 0.6 is 15.9 Å². The topological polar surface area (TPSA) is 49.8 Å². The standard InChI is InChI=1S/C15H18BrNO3/c1-15(14(18)19)4-5-17(9-15)8-12-7-10-6-11(16)2-3-13(10)20-12/h2-3,6,12H,4-5,7-9H2,1H3,(H,18,19). The van der Waals surface area contributed by atoms with Crippen molar-refractivity contribution in [3.8, 4) is 5.75 Å². The van der Waals surface area contributed by atoms with Crippen molar-refractivity contribution in [3.05, 3.63) is 28.2 Å². The van der Waals surface area contributed by atoms with Crippen LogP contribution in [0.2, 0.25) is 0 Å². The van der Waals surface area contributed by atoms with E-state index in [1.165, 1.54) is 5.56 Å². The summed E-state index contributed by atoms with van der Waals surface area (Å²) in [6, 6.07) is 6.07. The molecule has 1 N–H and O–H groups in total. The van der Waals surface area contributed by atoms with Gasteiger partial charge in [-0.25, -0.2) is 0 Å². The first kappa shape index (κ1) is 13.9. The van der Waals surface area contributed by atoms with Gasteiger partial charge in [0.1, 0.15) is 11.9 Å². The second kappa shape index (κ2) is 5.04. The van der Waals surface area contributed by atoms with E-state index in [1.807, 2.05) is 19.1 Å². The quantitative estimate of drug-likeness (QED) is 0.919. The normalized spacial score (nSPS) is 29.2. The number of halogens is 1. The molecule has 0 aromatic heterocycles. The number of rotatable bonds is 3. The van der Waals surface area contributed by atoms with E-state index in [1.54, 1.807) is 0 Å². The lowest BCUT2D eigenvalue weighted by Gasteiger charge is -2.22. The zero-order chi connectivity index (χ0) is 14.3. The first-order valence-corrected chi connectivity index (χ1v) is 7.66. The second-order valence-electron chi connectivity index (χ2n) is 6.05. The predicted octanol–water partition coefficient (Wildman–Crippen LogP) is 2.55. The van der Waals surface area contributed by atoms with Crippen LogP contribution in [0.25, 0.3) is 0 Å². The smallest absolute Gasteiger partial charge is 0.310 e. The number of likely N-dealkylation sites (tertiary alicyclic amines) is 1. The Labute approximate surface area is 126 Å². The number of carbonyl (C=O) groups is 1. The van der Waals surface area contributed by atoms with Crippen molar-refractivity contribution in [1.82, 2.24) is 4.90 Å². The molecule has 20 heavy (non-hydrogen) atoms. The summed E-state index contributed by atoms with van der Waals surface area (Å²) in [5.74, 6) is 0.262. The monoisotopic (exact) mass is 339 g/mol. The zero-order valence-electron chi connectivity index (χ0n) is 11.4. The summed E-state index contributed by atoms with van der Waals surface area (Å²) in [4.78, 5) is 13.5. The molecule has 0 radical (unpaired) electrons. The molecule has 4 nitrogen and oxygen atoms in total. The maximum atomic E-state index is 11.3. The molecule has 0 saturated carbocycles. The minimum absolute atomic E-state index is 0.135. The lowest BCUT2D eigenvalue weighted by Crippen LogP contribution is -2.36. The van der Waals surface area contributed by atoms with E-state index in [2.05, 4.69) is 26.9 Å². The summed E-state index contributed by atoms with van der Waals surface area (Å²) in [6.45, 7) is 4.08.